The van der Waals surface area contributed by atoms with Crippen LogP contribution in [0.2, 0.25) is 5.02 Å². The quantitative estimate of drug-likeness (QED) is 0.416. The topological polar surface area (TPSA) is 96.3 Å². The number of nitrogens with zero attached hydrogens (tertiary/aromatic N) is 1. The van der Waals surface area contributed by atoms with Gasteiger partial charge in [-0.1, -0.05) is 17.7 Å². The lowest BCUT2D eigenvalue weighted by Crippen LogP contribution is -2.36. The first kappa shape index (κ1) is 21.2. The summed E-state index contributed by atoms with van der Waals surface area (Å²) in [6, 6.07) is 10.1. The lowest BCUT2D eigenvalue weighted by molar-refractivity contribution is -0.140. The van der Waals surface area contributed by atoms with Crippen molar-refractivity contribution in [1.82, 2.24) is 4.90 Å². The Hall–Kier alpha value is -3.03. The third kappa shape index (κ3) is 3.98. The molecule has 0 radical (unpaired) electrons. The lowest BCUT2D eigenvalue weighted by atomic mass is 9.95. The Balaban J connectivity index is 1.85. The largest absolute Gasteiger partial charge is 0.507 e. The van der Waals surface area contributed by atoms with Crippen LogP contribution in [0.15, 0.2) is 48.0 Å². The van der Waals surface area contributed by atoms with Crippen molar-refractivity contribution in [2.24, 2.45) is 0 Å². The minimum absolute atomic E-state index is 0.0296. The second kappa shape index (κ2) is 8.61. The number of hydrogen-bond donors (Lipinski definition) is 2. The van der Waals surface area contributed by atoms with Crippen LogP contribution in [0.1, 0.15) is 30.0 Å². The number of carbonyl (C=O) groups excluding carboxylic acids is 2. The fraction of sp³-hybridized carbons (Fsp3) is 0.304. The minimum atomic E-state index is -0.852. The Morgan fingerprint density at radius 3 is 2.61 bits per heavy atom. The summed E-state index contributed by atoms with van der Waals surface area (Å²) >= 11 is 5.94. The van der Waals surface area contributed by atoms with E-state index in [1.165, 1.54) is 18.1 Å². The molecule has 2 aromatic rings. The van der Waals surface area contributed by atoms with Gasteiger partial charge in [0.05, 0.1) is 24.8 Å². The van der Waals surface area contributed by atoms with Crippen molar-refractivity contribution >= 4 is 29.1 Å². The molecule has 31 heavy (non-hydrogen) atoms. The van der Waals surface area contributed by atoms with Crippen molar-refractivity contribution in [2.45, 2.75) is 25.0 Å². The number of methoxy groups -OCH3 is 1. The van der Waals surface area contributed by atoms with Crippen molar-refractivity contribution in [2.75, 3.05) is 20.3 Å². The number of hydrogen-bond acceptors (Lipinski definition) is 6. The molecule has 2 N–H and O–H groups in total. The van der Waals surface area contributed by atoms with Gasteiger partial charge in [0, 0.05) is 23.7 Å². The molecule has 2 saturated heterocycles. The predicted octanol–water partition coefficient (Wildman–Crippen LogP) is 3.65. The second-order valence-electron chi connectivity index (χ2n) is 7.52. The molecule has 2 aromatic carbocycles. The van der Waals surface area contributed by atoms with Crippen LogP contribution >= 0.6 is 11.6 Å². The Morgan fingerprint density at radius 1 is 1.23 bits per heavy atom. The maximum atomic E-state index is 13.0. The van der Waals surface area contributed by atoms with Crippen molar-refractivity contribution < 1.29 is 29.3 Å². The number of ketones is 1. The Kier molecular flexibility index (Phi) is 5.89. The zero-order valence-electron chi connectivity index (χ0n) is 16.9. The molecule has 0 aromatic heterocycles. The maximum absolute atomic E-state index is 13.0. The molecule has 0 bridgehead atoms. The number of phenols is 1. The average Bonchev–Trinajstić information content (AvgIpc) is 3.37. The number of ether oxygens (including phenoxy) is 2. The van der Waals surface area contributed by atoms with E-state index in [4.69, 9.17) is 21.1 Å². The monoisotopic (exact) mass is 443 g/mol. The summed E-state index contributed by atoms with van der Waals surface area (Å²) in [5.74, 6) is -1.64. The molecule has 0 spiro atoms. The van der Waals surface area contributed by atoms with E-state index >= 15 is 0 Å². The molecule has 4 rings (SSSR count). The minimum Gasteiger partial charge on any atom is -0.507 e. The number of aliphatic hydroxyl groups excluding tert-OH is 1. The van der Waals surface area contributed by atoms with Gasteiger partial charge < -0.3 is 24.6 Å². The Morgan fingerprint density at radius 2 is 1.97 bits per heavy atom. The van der Waals surface area contributed by atoms with Crippen molar-refractivity contribution in [3.05, 3.63) is 64.2 Å². The van der Waals surface area contributed by atoms with Crippen molar-refractivity contribution in [3.63, 3.8) is 0 Å². The molecular formula is C23H22ClNO6. The summed E-state index contributed by atoms with van der Waals surface area (Å²) in [6.07, 6.45) is 1.48. The van der Waals surface area contributed by atoms with E-state index in [0.717, 1.165) is 12.8 Å². The number of aromatic hydroxyl groups is 1. The Bertz CT molecular complexity index is 1040. The summed E-state index contributed by atoms with van der Waals surface area (Å²) in [7, 11) is 1.41. The molecule has 0 aliphatic carbocycles. The number of halogens is 1. The van der Waals surface area contributed by atoms with Crippen LogP contribution < -0.4 is 4.74 Å². The molecule has 2 atom stereocenters. The summed E-state index contributed by atoms with van der Waals surface area (Å²) in [5.41, 5.74) is 0.871. The fourth-order valence-corrected chi connectivity index (χ4v) is 4.18. The highest BCUT2D eigenvalue weighted by Crippen LogP contribution is 2.42. The molecule has 162 valence electrons. The van der Waals surface area contributed by atoms with Gasteiger partial charge in [0.15, 0.2) is 11.5 Å². The maximum Gasteiger partial charge on any atom is 0.295 e. The summed E-state index contributed by atoms with van der Waals surface area (Å²) in [5, 5.41) is 21.5. The summed E-state index contributed by atoms with van der Waals surface area (Å²) in [6.45, 7) is 0.826. The van der Waals surface area contributed by atoms with Crippen LogP contribution in [0.3, 0.4) is 0 Å². The highest BCUT2D eigenvalue weighted by molar-refractivity contribution is 6.46. The highest BCUT2D eigenvalue weighted by atomic mass is 35.5. The number of likely N-dealkylation sites (tertiary alicyclic amines) is 1. The van der Waals surface area contributed by atoms with Crippen LogP contribution in [-0.4, -0.2) is 53.2 Å². The van der Waals surface area contributed by atoms with Crippen molar-refractivity contribution in [1.29, 1.82) is 0 Å². The van der Waals surface area contributed by atoms with Crippen LogP contribution in [0.5, 0.6) is 11.5 Å². The van der Waals surface area contributed by atoms with Gasteiger partial charge in [-0.05, 0) is 54.8 Å². The van der Waals surface area contributed by atoms with Gasteiger partial charge in [-0.3, -0.25) is 9.59 Å². The number of phenolic OH excluding ortho intramolecular Hbond substituents is 1. The standard InChI is InChI=1S/C23H22ClNO6/c1-30-18-11-14(6-9-17(18)26)20-19(21(27)13-4-7-15(24)8-5-13)22(28)23(29)25(20)12-16-3-2-10-31-16/h4-9,11,16,20,26-27H,2-3,10,12H2,1H3/b21-19+/t16-,20-/m0/s1. The van der Waals surface area contributed by atoms with E-state index in [1.54, 1.807) is 36.4 Å². The average molecular weight is 444 g/mol. The zero-order chi connectivity index (χ0) is 22.1. The van der Waals surface area contributed by atoms with Crippen LogP contribution in [0.25, 0.3) is 5.76 Å². The number of carbonyl (C=O) groups is 2. The van der Waals surface area contributed by atoms with Gasteiger partial charge in [-0.2, -0.15) is 0 Å². The van der Waals surface area contributed by atoms with E-state index in [-0.39, 0.29) is 35.5 Å². The van der Waals surface area contributed by atoms with Gasteiger partial charge in [0.2, 0.25) is 0 Å². The first-order valence-electron chi connectivity index (χ1n) is 9.93. The molecule has 1 amide bonds. The van der Waals surface area contributed by atoms with Gasteiger partial charge in [0.1, 0.15) is 5.76 Å². The lowest BCUT2D eigenvalue weighted by Gasteiger charge is -2.27. The van der Waals surface area contributed by atoms with Gasteiger partial charge in [-0.25, -0.2) is 0 Å². The Labute approximate surface area is 184 Å². The number of rotatable bonds is 5. The molecule has 0 unspecified atom stereocenters. The molecule has 8 heteroatoms. The van der Waals surface area contributed by atoms with E-state index in [9.17, 15) is 19.8 Å². The molecular weight excluding hydrogens is 422 g/mol. The van der Waals surface area contributed by atoms with Gasteiger partial charge in [0.25, 0.3) is 11.7 Å². The van der Waals surface area contributed by atoms with E-state index < -0.39 is 17.7 Å². The number of Topliss-reactive ketones (excluding diaryl/α,β-unsaturated/α-hetero) is 1. The number of aliphatic hydroxyl groups is 1. The molecule has 2 heterocycles. The normalized spacial score (nSPS) is 22.8. The van der Waals surface area contributed by atoms with Crippen LogP contribution in [0, 0.1) is 0 Å². The van der Waals surface area contributed by atoms with Crippen LogP contribution in [-0.2, 0) is 14.3 Å². The third-order valence-corrected chi connectivity index (χ3v) is 5.85. The first-order chi connectivity index (χ1) is 14.9. The second-order valence-corrected chi connectivity index (χ2v) is 7.96. The first-order valence-corrected chi connectivity index (χ1v) is 10.3. The van der Waals surface area contributed by atoms with Crippen LogP contribution in [0.4, 0.5) is 0 Å². The zero-order valence-corrected chi connectivity index (χ0v) is 17.6. The highest BCUT2D eigenvalue weighted by Gasteiger charge is 2.47. The predicted molar refractivity (Wildman–Crippen MR) is 114 cm³/mol. The fourth-order valence-electron chi connectivity index (χ4n) is 4.05. The van der Waals surface area contributed by atoms with Crippen molar-refractivity contribution in [3.8, 4) is 11.5 Å². The van der Waals surface area contributed by atoms with E-state index in [0.29, 0.717) is 22.8 Å². The summed E-state index contributed by atoms with van der Waals surface area (Å²) < 4.78 is 10.9. The molecule has 2 aliphatic rings. The van der Waals surface area contributed by atoms with Gasteiger partial charge >= 0.3 is 0 Å². The molecule has 7 nitrogen and oxygen atoms in total. The number of benzene rings is 2. The molecule has 0 saturated carbocycles. The van der Waals surface area contributed by atoms with E-state index in [1.807, 2.05) is 0 Å². The van der Waals surface area contributed by atoms with E-state index in [2.05, 4.69) is 0 Å². The summed E-state index contributed by atoms with van der Waals surface area (Å²) in [4.78, 5) is 27.4. The smallest absolute Gasteiger partial charge is 0.295 e. The molecule has 2 fully saturated rings. The third-order valence-electron chi connectivity index (χ3n) is 5.60. The molecule has 2 aliphatic heterocycles. The SMILES string of the molecule is COc1cc([C@H]2/C(=C(\O)c3ccc(Cl)cc3)C(=O)C(=O)N2C[C@@H]2CCCO2)ccc1O. The number of amides is 1. The van der Waals surface area contributed by atoms with Gasteiger partial charge in [-0.15, -0.1) is 0 Å².